The standard InChI is InChI=1S/C14H15BrN2OS/c1-2-10-4-5-11(19-10)8-17-14(18)9-3-6-13(16)12(15)7-9/h3-7H,2,8,16H2,1H3,(H,17,18). The quantitative estimate of drug-likeness (QED) is 0.837. The van der Waals surface area contributed by atoms with E-state index >= 15 is 0 Å². The summed E-state index contributed by atoms with van der Waals surface area (Å²) >= 11 is 5.05. The summed E-state index contributed by atoms with van der Waals surface area (Å²) in [7, 11) is 0. The number of hydrogen-bond acceptors (Lipinski definition) is 3. The van der Waals surface area contributed by atoms with Crippen molar-refractivity contribution in [1.29, 1.82) is 0 Å². The molecule has 100 valence electrons. The molecule has 2 rings (SSSR count). The van der Waals surface area contributed by atoms with Crippen molar-refractivity contribution in [2.45, 2.75) is 19.9 Å². The molecule has 0 bridgehead atoms. The van der Waals surface area contributed by atoms with Crippen molar-refractivity contribution in [1.82, 2.24) is 5.32 Å². The molecule has 19 heavy (non-hydrogen) atoms. The molecule has 3 nitrogen and oxygen atoms in total. The lowest BCUT2D eigenvalue weighted by Crippen LogP contribution is -2.22. The molecular weight excluding hydrogens is 324 g/mol. The second kappa shape index (κ2) is 6.21. The minimum absolute atomic E-state index is 0.0906. The third kappa shape index (κ3) is 3.58. The molecule has 5 heteroatoms. The van der Waals surface area contributed by atoms with Crippen LogP contribution in [0, 0.1) is 0 Å². The molecule has 0 spiro atoms. The van der Waals surface area contributed by atoms with Gasteiger partial charge in [0.25, 0.3) is 5.91 Å². The lowest BCUT2D eigenvalue weighted by molar-refractivity contribution is 0.0951. The Balaban J connectivity index is 1.99. The molecule has 0 saturated carbocycles. The minimum atomic E-state index is -0.0906. The third-order valence-corrected chi connectivity index (χ3v) is 4.67. The average Bonchev–Trinajstić information content (AvgIpc) is 2.87. The molecular formula is C14H15BrN2OS. The predicted octanol–water partition coefficient (Wildman–Crippen LogP) is 3.59. The maximum absolute atomic E-state index is 12.0. The second-order valence-corrected chi connectivity index (χ2v) is 6.25. The van der Waals surface area contributed by atoms with Gasteiger partial charge in [-0.05, 0) is 52.7 Å². The fourth-order valence-corrected chi connectivity index (χ4v) is 2.92. The topological polar surface area (TPSA) is 55.1 Å². The second-order valence-electron chi connectivity index (χ2n) is 4.14. The molecule has 1 aromatic carbocycles. The van der Waals surface area contributed by atoms with Gasteiger partial charge in [0.05, 0.1) is 6.54 Å². The third-order valence-electron chi connectivity index (χ3n) is 2.75. The van der Waals surface area contributed by atoms with Crippen LogP contribution >= 0.6 is 27.3 Å². The van der Waals surface area contributed by atoms with Crippen LogP contribution in [0.2, 0.25) is 0 Å². The van der Waals surface area contributed by atoms with Crippen molar-refractivity contribution < 1.29 is 4.79 Å². The van der Waals surface area contributed by atoms with E-state index in [-0.39, 0.29) is 5.91 Å². The van der Waals surface area contributed by atoms with Crippen LogP contribution in [-0.4, -0.2) is 5.91 Å². The Kier molecular flexibility index (Phi) is 4.61. The lowest BCUT2D eigenvalue weighted by atomic mass is 10.2. The van der Waals surface area contributed by atoms with Crippen LogP contribution in [-0.2, 0) is 13.0 Å². The van der Waals surface area contributed by atoms with Crippen LogP contribution in [0.25, 0.3) is 0 Å². The summed E-state index contributed by atoms with van der Waals surface area (Å²) in [6.45, 7) is 2.69. The van der Waals surface area contributed by atoms with Gasteiger partial charge >= 0.3 is 0 Å². The molecule has 3 N–H and O–H groups in total. The number of halogens is 1. The van der Waals surface area contributed by atoms with E-state index in [4.69, 9.17) is 5.73 Å². The number of carbonyl (C=O) groups excluding carboxylic acids is 1. The minimum Gasteiger partial charge on any atom is -0.398 e. The summed E-state index contributed by atoms with van der Waals surface area (Å²) in [5.41, 5.74) is 6.93. The zero-order valence-electron chi connectivity index (χ0n) is 10.6. The SMILES string of the molecule is CCc1ccc(CNC(=O)c2ccc(N)c(Br)c2)s1. The van der Waals surface area contributed by atoms with Crippen molar-refractivity contribution in [3.05, 3.63) is 50.1 Å². The smallest absolute Gasteiger partial charge is 0.251 e. The first-order valence-electron chi connectivity index (χ1n) is 6.01. The van der Waals surface area contributed by atoms with Crippen molar-refractivity contribution in [3.63, 3.8) is 0 Å². The molecule has 0 unspecified atom stereocenters. The highest BCUT2D eigenvalue weighted by Gasteiger charge is 2.08. The zero-order chi connectivity index (χ0) is 13.8. The molecule has 1 heterocycles. The summed E-state index contributed by atoms with van der Waals surface area (Å²) in [5, 5.41) is 2.91. The van der Waals surface area contributed by atoms with Crippen LogP contribution in [0.1, 0.15) is 27.0 Å². The van der Waals surface area contributed by atoms with Gasteiger partial charge in [0.1, 0.15) is 0 Å². The van der Waals surface area contributed by atoms with Gasteiger partial charge in [0.2, 0.25) is 0 Å². The summed E-state index contributed by atoms with van der Waals surface area (Å²) in [6.07, 6.45) is 1.03. The van der Waals surface area contributed by atoms with Gasteiger partial charge in [-0.1, -0.05) is 6.92 Å². The molecule has 1 amide bonds. The molecule has 1 aromatic heterocycles. The number of thiophene rings is 1. The highest BCUT2D eigenvalue weighted by atomic mass is 79.9. The highest BCUT2D eigenvalue weighted by molar-refractivity contribution is 9.10. The Morgan fingerprint density at radius 3 is 2.68 bits per heavy atom. The molecule has 0 aliphatic heterocycles. The van der Waals surface area contributed by atoms with Gasteiger partial charge in [0.15, 0.2) is 0 Å². The first-order valence-corrected chi connectivity index (χ1v) is 7.62. The van der Waals surface area contributed by atoms with Gasteiger partial charge in [-0.3, -0.25) is 4.79 Å². The van der Waals surface area contributed by atoms with Crippen LogP contribution < -0.4 is 11.1 Å². The normalized spacial score (nSPS) is 10.4. The number of nitrogens with two attached hydrogens (primary N) is 1. The van der Waals surface area contributed by atoms with Crippen LogP contribution in [0.15, 0.2) is 34.8 Å². The summed E-state index contributed by atoms with van der Waals surface area (Å²) in [4.78, 5) is 14.5. The Hall–Kier alpha value is -1.33. The number of amides is 1. The van der Waals surface area contributed by atoms with E-state index < -0.39 is 0 Å². The molecule has 0 atom stereocenters. The van der Waals surface area contributed by atoms with Gasteiger partial charge < -0.3 is 11.1 Å². The number of nitrogen functional groups attached to an aromatic ring is 1. The number of benzene rings is 1. The zero-order valence-corrected chi connectivity index (χ0v) is 13.0. The van der Waals surface area contributed by atoms with Gasteiger partial charge in [-0.15, -0.1) is 11.3 Å². The summed E-state index contributed by atoms with van der Waals surface area (Å²) < 4.78 is 0.740. The largest absolute Gasteiger partial charge is 0.398 e. The Labute approximate surface area is 125 Å². The van der Waals surface area contributed by atoms with E-state index in [1.54, 1.807) is 29.5 Å². The highest BCUT2D eigenvalue weighted by Crippen LogP contribution is 2.21. The molecule has 0 aliphatic carbocycles. The number of hydrogen-bond donors (Lipinski definition) is 2. The molecule has 0 aliphatic rings. The van der Waals surface area contributed by atoms with E-state index in [1.165, 1.54) is 9.75 Å². The Morgan fingerprint density at radius 1 is 1.32 bits per heavy atom. The van der Waals surface area contributed by atoms with E-state index in [9.17, 15) is 4.79 Å². The fraction of sp³-hybridized carbons (Fsp3) is 0.214. The maximum atomic E-state index is 12.0. The van der Waals surface area contributed by atoms with E-state index in [0.717, 1.165) is 10.9 Å². The first kappa shape index (κ1) is 14.1. The number of aryl methyl sites for hydroxylation is 1. The van der Waals surface area contributed by atoms with E-state index in [1.807, 2.05) is 0 Å². The van der Waals surface area contributed by atoms with Crippen molar-refractivity contribution in [2.24, 2.45) is 0 Å². The monoisotopic (exact) mass is 338 g/mol. The summed E-state index contributed by atoms with van der Waals surface area (Å²) in [6, 6.07) is 9.34. The predicted molar refractivity (Wildman–Crippen MR) is 83.4 cm³/mol. The lowest BCUT2D eigenvalue weighted by Gasteiger charge is -2.05. The number of rotatable bonds is 4. The maximum Gasteiger partial charge on any atom is 0.251 e. The van der Waals surface area contributed by atoms with Crippen LogP contribution in [0.4, 0.5) is 5.69 Å². The summed E-state index contributed by atoms with van der Waals surface area (Å²) in [5.74, 6) is -0.0906. The number of carbonyl (C=O) groups is 1. The average molecular weight is 339 g/mol. The van der Waals surface area contributed by atoms with E-state index in [2.05, 4.69) is 40.3 Å². The van der Waals surface area contributed by atoms with Crippen LogP contribution in [0.3, 0.4) is 0 Å². The van der Waals surface area contributed by atoms with Crippen LogP contribution in [0.5, 0.6) is 0 Å². The number of anilines is 1. The van der Waals surface area contributed by atoms with Gasteiger partial charge in [-0.25, -0.2) is 0 Å². The van der Waals surface area contributed by atoms with Gasteiger partial charge in [0, 0.05) is 25.5 Å². The fourth-order valence-electron chi connectivity index (χ4n) is 1.65. The Bertz CT molecular complexity index is 595. The van der Waals surface area contributed by atoms with Crippen molar-refractivity contribution in [3.8, 4) is 0 Å². The molecule has 2 aromatic rings. The molecule has 0 fully saturated rings. The molecule has 0 radical (unpaired) electrons. The Morgan fingerprint density at radius 2 is 2.05 bits per heavy atom. The first-order chi connectivity index (χ1) is 9.10. The van der Waals surface area contributed by atoms with Gasteiger partial charge in [-0.2, -0.15) is 0 Å². The van der Waals surface area contributed by atoms with Crippen molar-refractivity contribution >= 4 is 38.9 Å². The molecule has 0 saturated heterocycles. The van der Waals surface area contributed by atoms with Crippen molar-refractivity contribution in [2.75, 3.05) is 5.73 Å². The van der Waals surface area contributed by atoms with E-state index in [0.29, 0.717) is 17.8 Å². The number of nitrogens with one attached hydrogen (secondary N) is 1.